The Bertz CT molecular complexity index is 586. The van der Waals surface area contributed by atoms with Crippen LogP contribution in [-0.4, -0.2) is 19.5 Å². The third-order valence-electron chi connectivity index (χ3n) is 2.25. The number of hydrogen-bond acceptors (Lipinski definition) is 3. The Labute approximate surface area is 86.2 Å². The number of aromatic nitrogens is 4. The highest BCUT2D eigenvalue weighted by Gasteiger charge is 2.03. The van der Waals surface area contributed by atoms with Gasteiger partial charge in [0.1, 0.15) is 17.7 Å². The lowest BCUT2D eigenvalue weighted by atomic mass is 10.4. The molecule has 0 aliphatic heterocycles. The fourth-order valence-electron chi connectivity index (χ4n) is 1.54. The van der Waals surface area contributed by atoms with Crippen molar-refractivity contribution in [2.45, 2.75) is 0 Å². The topological polar surface area (TPSA) is 43.6 Å². The third-order valence-corrected chi connectivity index (χ3v) is 2.25. The molecule has 0 aliphatic carbocycles. The number of nitrogens with zero attached hydrogens (tertiary/aromatic N) is 4. The van der Waals surface area contributed by atoms with Gasteiger partial charge in [-0.2, -0.15) is 0 Å². The van der Waals surface area contributed by atoms with Gasteiger partial charge in [0.2, 0.25) is 0 Å². The summed E-state index contributed by atoms with van der Waals surface area (Å²) in [5.74, 6) is 0.867. The molecular weight excluding hydrogens is 188 g/mol. The van der Waals surface area contributed by atoms with Crippen LogP contribution in [0.4, 0.5) is 0 Å². The second-order valence-corrected chi connectivity index (χ2v) is 3.17. The summed E-state index contributed by atoms with van der Waals surface area (Å²) in [6.45, 7) is 0. The summed E-state index contributed by atoms with van der Waals surface area (Å²) in [7, 11) is 0. The highest BCUT2D eigenvalue weighted by Crippen LogP contribution is 2.14. The van der Waals surface area contributed by atoms with Gasteiger partial charge in [0.25, 0.3) is 0 Å². The Hall–Kier alpha value is -2.23. The molecule has 4 nitrogen and oxygen atoms in total. The van der Waals surface area contributed by atoms with Crippen molar-refractivity contribution >= 4 is 11.0 Å². The van der Waals surface area contributed by atoms with E-state index in [0.29, 0.717) is 0 Å². The zero-order valence-corrected chi connectivity index (χ0v) is 7.91. The van der Waals surface area contributed by atoms with Gasteiger partial charge in [-0.05, 0) is 18.2 Å². The second kappa shape index (κ2) is 3.16. The molecule has 0 N–H and O–H groups in total. The predicted molar refractivity (Wildman–Crippen MR) is 56.7 cm³/mol. The predicted octanol–water partition coefficient (Wildman–Crippen LogP) is 1.82. The average molecular weight is 196 g/mol. The van der Waals surface area contributed by atoms with Gasteiger partial charge < -0.3 is 0 Å². The average Bonchev–Trinajstić information content (AvgIpc) is 2.74. The summed E-state index contributed by atoms with van der Waals surface area (Å²) in [5, 5.41) is 0. The molecule has 3 aromatic rings. The molecule has 0 spiro atoms. The van der Waals surface area contributed by atoms with Gasteiger partial charge in [-0.3, -0.25) is 9.55 Å². The monoisotopic (exact) mass is 196 g/mol. The first kappa shape index (κ1) is 8.11. The molecule has 4 heteroatoms. The first-order valence-electron chi connectivity index (χ1n) is 4.63. The largest absolute Gasteiger partial charge is 0.283 e. The maximum Gasteiger partial charge on any atom is 0.138 e. The molecule has 72 valence electrons. The summed E-state index contributed by atoms with van der Waals surface area (Å²) in [5.41, 5.74) is 1.90. The molecule has 0 amide bonds. The SMILES string of the molecule is c1ccc(-n2cnc3cnccc32)nc1. The van der Waals surface area contributed by atoms with E-state index in [2.05, 4.69) is 15.0 Å². The van der Waals surface area contributed by atoms with E-state index in [4.69, 9.17) is 0 Å². The fourth-order valence-corrected chi connectivity index (χ4v) is 1.54. The van der Waals surface area contributed by atoms with Crippen molar-refractivity contribution in [3.8, 4) is 5.82 Å². The second-order valence-electron chi connectivity index (χ2n) is 3.17. The molecule has 0 saturated carbocycles. The van der Waals surface area contributed by atoms with Crippen molar-refractivity contribution in [2.24, 2.45) is 0 Å². The lowest BCUT2D eigenvalue weighted by Gasteiger charge is -2.01. The fraction of sp³-hybridized carbons (Fsp3) is 0. The van der Waals surface area contributed by atoms with Crippen LogP contribution in [0.15, 0.2) is 49.2 Å². The summed E-state index contributed by atoms with van der Waals surface area (Å²) in [4.78, 5) is 12.6. The van der Waals surface area contributed by atoms with Crippen LogP contribution in [0.3, 0.4) is 0 Å². The Kier molecular flexibility index (Phi) is 1.71. The molecule has 0 unspecified atom stereocenters. The van der Waals surface area contributed by atoms with Crippen molar-refractivity contribution in [3.05, 3.63) is 49.2 Å². The minimum absolute atomic E-state index is 0.867. The molecule has 3 heterocycles. The number of hydrogen-bond donors (Lipinski definition) is 0. The Morgan fingerprint density at radius 1 is 1.00 bits per heavy atom. The van der Waals surface area contributed by atoms with E-state index in [1.165, 1.54) is 0 Å². The van der Waals surface area contributed by atoms with Crippen LogP contribution in [0, 0.1) is 0 Å². The molecule has 0 radical (unpaired) electrons. The maximum absolute atomic E-state index is 4.27. The Morgan fingerprint density at radius 2 is 2.00 bits per heavy atom. The van der Waals surface area contributed by atoms with E-state index >= 15 is 0 Å². The molecule has 0 atom stereocenters. The van der Waals surface area contributed by atoms with Gasteiger partial charge in [-0.1, -0.05) is 6.07 Å². The van der Waals surface area contributed by atoms with Gasteiger partial charge >= 0.3 is 0 Å². The third kappa shape index (κ3) is 1.27. The van der Waals surface area contributed by atoms with Crippen LogP contribution in [-0.2, 0) is 0 Å². The number of imidazole rings is 1. The molecule has 15 heavy (non-hydrogen) atoms. The van der Waals surface area contributed by atoms with Crippen molar-refractivity contribution in [3.63, 3.8) is 0 Å². The van der Waals surface area contributed by atoms with E-state index in [9.17, 15) is 0 Å². The van der Waals surface area contributed by atoms with Crippen LogP contribution >= 0.6 is 0 Å². The molecule has 0 aliphatic rings. The molecule has 0 bridgehead atoms. The standard InChI is InChI=1S/C11H8N4/c1-2-5-13-11(3-1)15-8-14-9-7-12-6-4-10(9)15/h1-8H. The first-order valence-corrected chi connectivity index (χ1v) is 4.63. The molecule has 0 fully saturated rings. The van der Waals surface area contributed by atoms with Gasteiger partial charge in [0.05, 0.1) is 11.7 Å². The molecule has 0 saturated heterocycles. The van der Waals surface area contributed by atoms with Crippen molar-refractivity contribution in [2.75, 3.05) is 0 Å². The number of rotatable bonds is 1. The van der Waals surface area contributed by atoms with Crippen molar-refractivity contribution in [1.82, 2.24) is 19.5 Å². The van der Waals surface area contributed by atoms with Crippen molar-refractivity contribution in [1.29, 1.82) is 0 Å². The maximum atomic E-state index is 4.27. The summed E-state index contributed by atoms with van der Waals surface area (Å²) >= 11 is 0. The summed E-state index contributed by atoms with van der Waals surface area (Å²) in [6, 6.07) is 7.72. The van der Waals surface area contributed by atoms with E-state index < -0.39 is 0 Å². The lowest BCUT2D eigenvalue weighted by molar-refractivity contribution is 1.02. The molecule has 3 aromatic heterocycles. The number of fused-ring (bicyclic) bond motifs is 1. The minimum atomic E-state index is 0.867. The van der Waals surface area contributed by atoms with Gasteiger partial charge in [0, 0.05) is 12.4 Å². The molecule has 0 aromatic carbocycles. The molecule has 3 rings (SSSR count). The normalized spacial score (nSPS) is 10.7. The van der Waals surface area contributed by atoms with Gasteiger partial charge in [0.15, 0.2) is 0 Å². The van der Waals surface area contributed by atoms with Gasteiger partial charge in [-0.25, -0.2) is 9.97 Å². The Morgan fingerprint density at radius 3 is 2.87 bits per heavy atom. The molecular formula is C11H8N4. The van der Waals surface area contributed by atoms with Crippen molar-refractivity contribution < 1.29 is 0 Å². The number of pyridine rings is 2. The Balaban J connectivity index is 2.28. The summed E-state index contributed by atoms with van der Waals surface area (Å²) < 4.78 is 1.94. The first-order chi connectivity index (χ1) is 7.45. The van der Waals surface area contributed by atoms with Crippen LogP contribution in [0.2, 0.25) is 0 Å². The van der Waals surface area contributed by atoms with Crippen LogP contribution in [0.5, 0.6) is 0 Å². The summed E-state index contributed by atoms with van der Waals surface area (Å²) in [6.07, 6.45) is 7.02. The van der Waals surface area contributed by atoms with E-state index in [1.54, 1.807) is 24.9 Å². The zero-order chi connectivity index (χ0) is 10.1. The highest BCUT2D eigenvalue weighted by molar-refractivity contribution is 5.75. The zero-order valence-electron chi connectivity index (χ0n) is 7.91. The smallest absolute Gasteiger partial charge is 0.138 e. The minimum Gasteiger partial charge on any atom is -0.283 e. The van der Waals surface area contributed by atoms with E-state index in [1.807, 2.05) is 28.8 Å². The van der Waals surface area contributed by atoms with Crippen LogP contribution in [0.25, 0.3) is 16.9 Å². The lowest BCUT2D eigenvalue weighted by Crippen LogP contribution is -1.94. The van der Waals surface area contributed by atoms with Gasteiger partial charge in [-0.15, -0.1) is 0 Å². The quantitative estimate of drug-likeness (QED) is 0.596. The highest BCUT2D eigenvalue weighted by atomic mass is 15.1. The van der Waals surface area contributed by atoms with E-state index in [0.717, 1.165) is 16.9 Å². The van der Waals surface area contributed by atoms with E-state index in [-0.39, 0.29) is 0 Å². The van der Waals surface area contributed by atoms with Crippen LogP contribution < -0.4 is 0 Å². The van der Waals surface area contributed by atoms with Crippen LogP contribution in [0.1, 0.15) is 0 Å².